The van der Waals surface area contributed by atoms with Crippen LogP contribution in [0.3, 0.4) is 0 Å². The van der Waals surface area contributed by atoms with E-state index in [1.54, 1.807) is 12.1 Å². The van der Waals surface area contributed by atoms with Crippen molar-refractivity contribution < 1.29 is 13.9 Å². The normalized spacial score (nSPS) is 15.6. The molecule has 1 amide bonds. The Labute approximate surface area is 160 Å². The topological polar surface area (TPSA) is 83.2 Å². The van der Waals surface area contributed by atoms with Gasteiger partial charge in [-0.25, -0.2) is 9.18 Å². The molecule has 7 nitrogen and oxygen atoms in total. The van der Waals surface area contributed by atoms with E-state index in [1.807, 2.05) is 25.7 Å². The van der Waals surface area contributed by atoms with E-state index in [9.17, 15) is 9.18 Å². The van der Waals surface area contributed by atoms with Crippen LogP contribution in [0.1, 0.15) is 27.2 Å². The van der Waals surface area contributed by atoms with Crippen LogP contribution in [-0.2, 0) is 4.74 Å². The zero-order chi connectivity index (χ0) is 19.9. The van der Waals surface area contributed by atoms with E-state index >= 15 is 0 Å². The number of anilines is 1. The molecule has 150 valence electrons. The predicted molar refractivity (Wildman–Crippen MR) is 106 cm³/mol. The largest absolute Gasteiger partial charge is 0.444 e. The van der Waals surface area contributed by atoms with Crippen LogP contribution in [0.4, 0.5) is 14.9 Å². The first-order valence-electron chi connectivity index (χ1n) is 9.27. The first kappa shape index (κ1) is 20.8. The lowest BCUT2D eigenvalue weighted by atomic mass is 10.2. The van der Waals surface area contributed by atoms with Gasteiger partial charge < -0.3 is 25.6 Å². The molecule has 8 heteroatoms. The van der Waals surface area contributed by atoms with Crippen molar-refractivity contribution in [1.29, 1.82) is 0 Å². The SMILES string of the molecule is CC(C)(C)OC(=O)NCCCN=C(N)N1CCN(c2ccc(F)cc2)CC1. The minimum atomic E-state index is -0.497. The maximum absolute atomic E-state index is 13.0. The highest BCUT2D eigenvalue weighted by molar-refractivity contribution is 5.78. The third-order valence-electron chi connectivity index (χ3n) is 4.07. The Morgan fingerprint density at radius 1 is 1.22 bits per heavy atom. The summed E-state index contributed by atoms with van der Waals surface area (Å²) in [6, 6.07) is 6.53. The molecular formula is C19H30FN5O2. The van der Waals surface area contributed by atoms with Crippen LogP contribution in [0, 0.1) is 5.82 Å². The molecule has 0 atom stereocenters. The second kappa shape index (κ2) is 9.43. The van der Waals surface area contributed by atoms with Crippen molar-refractivity contribution in [3.63, 3.8) is 0 Å². The second-order valence-corrected chi connectivity index (χ2v) is 7.47. The number of halogens is 1. The zero-order valence-electron chi connectivity index (χ0n) is 16.4. The maximum Gasteiger partial charge on any atom is 0.407 e. The lowest BCUT2D eigenvalue weighted by Gasteiger charge is -2.36. The quantitative estimate of drug-likeness (QED) is 0.465. The van der Waals surface area contributed by atoms with Gasteiger partial charge in [-0.2, -0.15) is 0 Å². The number of hydrogen-bond donors (Lipinski definition) is 2. The number of piperazine rings is 1. The first-order chi connectivity index (χ1) is 12.7. The van der Waals surface area contributed by atoms with Crippen molar-refractivity contribution in [3.8, 4) is 0 Å². The highest BCUT2D eigenvalue weighted by Gasteiger charge is 2.18. The van der Waals surface area contributed by atoms with Crippen molar-refractivity contribution in [1.82, 2.24) is 10.2 Å². The molecule has 1 aromatic rings. The van der Waals surface area contributed by atoms with Gasteiger partial charge in [-0.3, -0.25) is 4.99 Å². The van der Waals surface area contributed by atoms with Gasteiger partial charge in [0, 0.05) is 45.0 Å². The minimum Gasteiger partial charge on any atom is -0.444 e. The van der Waals surface area contributed by atoms with E-state index in [4.69, 9.17) is 10.5 Å². The summed E-state index contributed by atoms with van der Waals surface area (Å²) in [5, 5.41) is 2.70. The molecule has 0 aliphatic carbocycles. The fourth-order valence-corrected chi connectivity index (χ4v) is 2.72. The van der Waals surface area contributed by atoms with Gasteiger partial charge in [-0.1, -0.05) is 0 Å². The van der Waals surface area contributed by atoms with E-state index < -0.39 is 11.7 Å². The van der Waals surface area contributed by atoms with E-state index in [0.29, 0.717) is 25.5 Å². The standard InChI is InChI=1S/C19H30FN5O2/c1-19(2,3)27-18(26)23-10-4-9-22-17(21)25-13-11-24(12-14-25)16-7-5-15(20)6-8-16/h5-8H,4,9-14H2,1-3H3,(H2,21,22)(H,23,26). The number of carbonyl (C=O) groups excluding carboxylic acids is 1. The van der Waals surface area contributed by atoms with Crippen molar-refractivity contribution in [2.24, 2.45) is 10.7 Å². The highest BCUT2D eigenvalue weighted by Crippen LogP contribution is 2.16. The fraction of sp³-hybridized carbons (Fsp3) is 0.579. The van der Waals surface area contributed by atoms with Crippen LogP contribution in [0.25, 0.3) is 0 Å². The Hall–Kier alpha value is -2.51. The van der Waals surface area contributed by atoms with Crippen molar-refractivity contribution >= 4 is 17.7 Å². The summed E-state index contributed by atoms with van der Waals surface area (Å²) in [6.07, 6.45) is 0.270. The smallest absolute Gasteiger partial charge is 0.407 e. The van der Waals surface area contributed by atoms with Gasteiger partial charge in [0.1, 0.15) is 11.4 Å². The Balaban J connectivity index is 1.67. The summed E-state index contributed by atoms with van der Waals surface area (Å²) in [5.74, 6) is 0.293. The molecule has 0 aromatic heterocycles. The van der Waals surface area contributed by atoms with Crippen LogP contribution >= 0.6 is 0 Å². The average molecular weight is 379 g/mol. The van der Waals surface area contributed by atoms with Gasteiger partial charge in [0.15, 0.2) is 5.96 Å². The van der Waals surface area contributed by atoms with Crippen LogP contribution < -0.4 is 16.0 Å². The van der Waals surface area contributed by atoms with Gasteiger partial charge >= 0.3 is 6.09 Å². The molecule has 1 aliphatic heterocycles. The zero-order valence-corrected chi connectivity index (χ0v) is 16.4. The Morgan fingerprint density at radius 2 is 1.85 bits per heavy atom. The van der Waals surface area contributed by atoms with Crippen LogP contribution in [0.2, 0.25) is 0 Å². The molecule has 2 rings (SSSR count). The maximum atomic E-state index is 13.0. The molecule has 1 aliphatic rings. The molecule has 1 saturated heterocycles. The number of amides is 1. The third kappa shape index (κ3) is 7.32. The Morgan fingerprint density at radius 3 is 2.44 bits per heavy atom. The molecule has 1 fully saturated rings. The first-order valence-corrected chi connectivity index (χ1v) is 9.27. The summed E-state index contributed by atoms with van der Waals surface area (Å²) in [5.41, 5.74) is 6.59. The number of nitrogens with one attached hydrogen (secondary N) is 1. The molecule has 3 N–H and O–H groups in total. The lowest BCUT2D eigenvalue weighted by Crippen LogP contribution is -2.51. The van der Waals surface area contributed by atoms with E-state index in [2.05, 4.69) is 15.2 Å². The van der Waals surface area contributed by atoms with E-state index in [-0.39, 0.29) is 5.82 Å². The third-order valence-corrected chi connectivity index (χ3v) is 4.07. The predicted octanol–water partition coefficient (Wildman–Crippen LogP) is 2.18. The number of carbonyl (C=O) groups is 1. The van der Waals surface area contributed by atoms with E-state index in [1.165, 1.54) is 12.1 Å². The second-order valence-electron chi connectivity index (χ2n) is 7.47. The molecule has 1 heterocycles. The number of rotatable bonds is 5. The number of nitrogens with zero attached hydrogens (tertiary/aromatic N) is 3. The van der Waals surface area contributed by atoms with Gasteiger partial charge in [0.05, 0.1) is 0 Å². The number of ether oxygens (including phenoxy) is 1. The molecule has 0 bridgehead atoms. The number of hydrogen-bond acceptors (Lipinski definition) is 4. The number of aliphatic imine (C=N–C) groups is 1. The number of nitrogens with two attached hydrogens (primary N) is 1. The molecular weight excluding hydrogens is 349 g/mol. The summed E-state index contributed by atoms with van der Waals surface area (Å²) < 4.78 is 18.2. The highest BCUT2D eigenvalue weighted by atomic mass is 19.1. The Bertz CT molecular complexity index is 634. The monoisotopic (exact) mass is 379 g/mol. The van der Waals surface area contributed by atoms with Crippen LogP contribution in [0.15, 0.2) is 29.3 Å². The molecule has 27 heavy (non-hydrogen) atoms. The fourth-order valence-electron chi connectivity index (χ4n) is 2.72. The summed E-state index contributed by atoms with van der Waals surface area (Å²) in [4.78, 5) is 20.2. The van der Waals surface area contributed by atoms with Gasteiger partial charge in [-0.15, -0.1) is 0 Å². The summed E-state index contributed by atoms with van der Waals surface area (Å²) >= 11 is 0. The van der Waals surface area contributed by atoms with Gasteiger partial charge in [0.25, 0.3) is 0 Å². The lowest BCUT2D eigenvalue weighted by molar-refractivity contribution is 0.0527. The Kier molecular flexibility index (Phi) is 7.27. The summed E-state index contributed by atoms with van der Waals surface area (Å²) in [6.45, 7) is 9.66. The number of benzene rings is 1. The van der Waals surface area contributed by atoms with Gasteiger partial charge in [0.2, 0.25) is 0 Å². The van der Waals surface area contributed by atoms with Crippen LogP contribution in [-0.4, -0.2) is 61.8 Å². The number of alkyl carbamates (subject to hydrolysis) is 1. The molecule has 1 aromatic carbocycles. The van der Waals surface area contributed by atoms with Crippen molar-refractivity contribution in [3.05, 3.63) is 30.1 Å². The van der Waals surface area contributed by atoms with E-state index in [0.717, 1.165) is 31.9 Å². The molecule has 0 radical (unpaired) electrons. The van der Waals surface area contributed by atoms with Crippen molar-refractivity contribution in [2.75, 3.05) is 44.2 Å². The summed E-state index contributed by atoms with van der Waals surface area (Å²) in [7, 11) is 0. The molecule has 0 saturated carbocycles. The van der Waals surface area contributed by atoms with Gasteiger partial charge in [-0.05, 0) is 51.5 Å². The van der Waals surface area contributed by atoms with Crippen molar-refractivity contribution in [2.45, 2.75) is 32.8 Å². The molecule has 0 unspecified atom stereocenters. The van der Waals surface area contributed by atoms with Crippen LogP contribution in [0.5, 0.6) is 0 Å². The minimum absolute atomic E-state index is 0.227. The average Bonchev–Trinajstić information content (AvgIpc) is 2.60. The molecule has 0 spiro atoms. The number of guanidine groups is 1.